The molecule has 0 saturated carbocycles. The van der Waals surface area contributed by atoms with Crippen molar-refractivity contribution in [3.8, 4) is 0 Å². The number of nitrogens with one attached hydrogen (secondary N) is 3. The van der Waals surface area contributed by atoms with Gasteiger partial charge in [-0.2, -0.15) is 11.8 Å². The first-order valence-electron chi connectivity index (χ1n) is 11.6. The van der Waals surface area contributed by atoms with Gasteiger partial charge < -0.3 is 30.0 Å². The van der Waals surface area contributed by atoms with Crippen molar-refractivity contribution in [3.63, 3.8) is 0 Å². The molecule has 11 nitrogen and oxygen atoms in total. The number of urea groups is 1. The summed E-state index contributed by atoms with van der Waals surface area (Å²) in [5.41, 5.74) is 0.0156. The monoisotopic (exact) mass is 511 g/mol. The van der Waals surface area contributed by atoms with Crippen LogP contribution in [0.15, 0.2) is 52.1 Å². The van der Waals surface area contributed by atoms with E-state index in [0.29, 0.717) is 29.5 Å². The predicted octanol–water partition coefficient (Wildman–Crippen LogP) is 1.88. The predicted molar refractivity (Wildman–Crippen MR) is 132 cm³/mol. The van der Waals surface area contributed by atoms with E-state index < -0.39 is 23.5 Å². The number of carbonyl (C=O) groups excluding carboxylic acids is 2. The Morgan fingerprint density at radius 3 is 2.94 bits per heavy atom. The number of fused-ring (bicyclic) bond motifs is 2. The first kappa shape index (κ1) is 23.9. The number of carboxylic acid groups (broad SMARTS) is 1. The molecular formula is C24H25N5O6S. The Hall–Kier alpha value is -3.80. The molecule has 4 heterocycles. The lowest BCUT2D eigenvalue weighted by Gasteiger charge is -2.18. The highest BCUT2D eigenvalue weighted by Gasteiger charge is 2.42. The van der Waals surface area contributed by atoms with Crippen LogP contribution >= 0.6 is 11.8 Å². The van der Waals surface area contributed by atoms with Crippen molar-refractivity contribution in [2.24, 2.45) is 0 Å². The number of hydrogen-bond acceptors (Lipinski definition) is 7. The SMILES string of the molecule is O=C1N[C@H]2CSC(CCCC(C(=O)O)n3cnc(CNC(=O)c4cc5ccccc5oc4=O)c3)[C@H]2N1. The van der Waals surface area contributed by atoms with Crippen LogP contribution in [0.3, 0.4) is 0 Å². The topological polar surface area (TPSA) is 156 Å². The van der Waals surface area contributed by atoms with E-state index in [4.69, 9.17) is 4.42 Å². The fraction of sp³-hybridized carbons (Fsp3) is 0.375. The lowest BCUT2D eigenvalue weighted by molar-refractivity contribution is -0.141. The Balaban J connectivity index is 1.17. The Labute approximate surface area is 209 Å². The summed E-state index contributed by atoms with van der Waals surface area (Å²) in [6.45, 7) is 0.0267. The van der Waals surface area contributed by atoms with Crippen LogP contribution in [0.1, 0.15) is 41.4 Å². The van der Waals surface area contributed by atoms with Gasteiger partial charge in [-0.3, -0.25) is 4.79 Å². The van der Waals surface area contributed by atoms with Gasteiger partial charge >= 0.3 is 17.6 Å². The summed E-state index contributed by atoms with van der Waals surface area (Å²) in [4.78, 5) is 52.4. The zero-order chi connectivity index (χ0) is 25.2. The maximum absolute atomic E-state index is 12.6. The highest BCUT2D eigenvalue weighted by Crippen LogP contribution is 2.33. The molecule has 1 aromatic carbocycles. The first-order chi connectivity index (χ1) is 17.4. The molecule has 2 saturated heterocycles. The second kappa shape index (κ2) is 10.1. The fourth-order valence-electron chi connectivity index (χ4n) is 4.68. The summed E-state index contributed by atoms with van der Waals surface area (Å²) in [7, 11) is 0. The smallest absolute Gasteiger partial charge is 0.349 e. The molecule has 0 bridgehead atoms. The molecule has 2 aliphatic rings. The number of aliphatic carboxylic acids is 1. The van der Waals surface area contributed by atoms with Gasteiger partial charge in [-0.05, 0) is 31.4 Å². The normalized spacial score (nSPS) is 21.6. The molecule has 4 N–H and O–H groups in total. The summed E-state index contributed by atoms with van der Waals surface area (Å²) in [6.07, 6.45) is 4.90. The number of carbonyl (C=O) groups is 3. The minimum absolute atomic E-state index is 0.0267. The lowest BCUT2D eigenvalue weighted by atomic mass is 10.0. The quantitative estimate of drug-likeness (QED) is 0.251. The van der Waals surface area contributed by atoms with Crippen molar-refractivity contribution >= 4 is 40.6 Å². The van der Waals surface area contributed by atoms with Gasteiger partial charge in [0.1, 0.15) is 17.2 Å². The van der Waals surface area contributed by atoms with Crippen molar-refractivity contribution in [3.05, 3.63) is 64.5 Å². The number of benzene rings is 1. The number of carboxylic acids is 1. The Morgan fingerprint density at radius 1 is 1.28 bits per heavy atom. The average Bonchev–Trinajstić information content (AvgIpc) is 3.56. The number of thioether (sulfide) groups is 1. The summed E-state index contributed by atoms with van der Waals surface area (Å²) >= 11 is 1.79. The molecule has 4 atom stereocenters. The fourth-order valence-corrected chi connectivity index (χ4v) is 6.23. The van der Waals surface area contributed by atoms with E-state index in [1.807, 2.05) is 0 Å². The number of amides is 3. The minimum Gasteiger partial charge on any atom is -0.480 e. The van der Waals surface area contributed by atoms with Gasteiger partial charge in [-0.1, -0.05) is 18.2 Å². The molecule has 2 unspecified atom stereocenters. The Bertz CT molecular complexity index is 1370. The molecule has 0 spiro atoms. The van der Waals surface area contributed by atoms with E-state index in [1.165, 1.54) is 17.0 Å². The van der Waals surface area contributed by atoms with Crippen molar-refractivity contribution < 1.29 is 23.9 Å². The second-order valence-electron chi connectivity index (χ2n) is 8.89. The third-order valence-electron chi connectivity index (χ3n) is 6.52. The molecule has 5 rings (SSSR count). The standard InChI is InChI=1S/C24H25N5O6S/c30-21(15-8-13-4-1-2-6-18(13)35-23(15)33)25-9-14-10-29(12-26-14)17(22(31)32)5-3-7-19-20-16(11-36-19)27-24(34)28-20/h1-2,4,6,8,10,12,16-17,19-20H,3,5,7,9,11H2,(H,25,30)(H,31,32)(H2,27,28,34)/t16-,17?,19?,20-/m0/s1. The Kier molecular flexibility index (Phi) is 6.68. The highest BCUT2D eigenvalue weighted by atomic mass is 32.2. The summed E-state index contributed by atoms with van der Waals surface area (Å²) in [6, 6.07) is 7.67. The summed E-state index contributed by atoms with van der Waals surface area (Å²) in [5, 5.41) is 19.1. The molecule has 2 aliphatic heterocycles. The van der Waals surface area contributed by atoms with Gasteiger partial charge in [0.05, 0.1) is 30.6 Å². The molecule has 3 aromatic rings. The van der Waals surface area contributed by atoms with Crippen molar-refractivity contribution in [2.45, 2.75) is 49.2 Å². The number of rotatable bonds is 9. The molecule has 0 radical (unpaired) electrons. The third kappa shape index (κ3) is 4.94. The van der Waals surface area contributed by atoms with Crippen LogP contribution in [0.2, 0.25) is 0 Å². The van der Waals surface area contributed by atoms with Crippen molar-refractivity contribution in [2.75, 3.05) is 5.75 Å². The van der Waals surface area contributed by atoms with Crippen LogP contribution in [0, 0.1) is 0 Å². The molecule has 36 heavy (non-hydrogen) atoms. The minimum atomic E-state index is -0.968. The maximum Gasteiger partial charge on any atom is 0.349 e. The first-order valence-corrected chi connectivity index (χ1v) is 12.7. The van der Waals surface area contributed by atoms with Gasteiger partial charge in [0.2, 0.25) is 0 Å². The van der Waals surface area contributed by atoms with Gasteiger partial charge in [-0.15, -0.1) is 0 Å². The Morgan fingerprint density at radius 2 is 2.11 bits per heavy atom. The lowest BCUT2D eigenvalue weighted by Crippen LogP contribution is -2.36. The largest absolute Gasteiger partial charge is 0.480 e. The molecule has 2 fully saturated rings. The highest BCUT2D eigenvalue weighted by molar-refractivity contribution is 8.00. The number of imidazole rings is 1. The van der Waals surface area contributed by atoms with E-state index in [1.54, 1.807) is 42.2 Å². The summed E-state index contributed by atoms with van der Waals surface area (Å²) < 4.78 is 6.73. The zero-order valence-electron chi connectivity index (χ0n) is 19.2. The van der Waals surface area contributed by atoms with E-state index in [2.05, 4.69) is 20.9 Å². The van der Waals surface area contributed by atoms with Crippen LogP contribution in [0.25, 0.3) is 11.0 Å². The van der Waals surface area contributed by atoms with E-state index in [9.17, 15) is 24.3 Å². The van der Waals surface area contributed by atoms with E-state index in [-0.39, 0.29) is 35.5 Å². The molecule has 3 amide bonds. The number of hydrogen-bond donors (Lipinski definition) is 4. The molecule has 0 aliphatic carbocycles. The number of nitrogens with zero attached hydrogens (tertiary/aromatic N) is 2. The number of aromatic nitrogens is 2. The van der Waals surface area contributed by atoms with Gasteiger partial charge in [-0.25, -0.2) is 19.4 Å². The van der Waals surface area contributed by atoms with Crippen molar-refractivity contribution in [1.29, 1.82) is 0 Å². The van der Waals surface area contributed by atoms with Crippen LogP contribution in [0.4, 0.5) is 4.79 Å². The van der Waals surface area contributed by atoms with Gasteiger partial charge in [0, 0.05) is 22.6 Å². The number of para-hydroxylation sites is 1. The van der Waals surface area contributed by atoms with Gasteiger partial charge in [0.15, 0.2) is 0 Å². The molecule has 2 aromatic heterocycles. The third-order valence-corrected chi connectivity index (χ3v) is 8.03. The van der Waals surface area contributed by atoms with E-state index >= 15 is 0 Å². The molecule has 188 valence electrons. The van der Waals surface area contributed by atoms with Gasteiger partial charge in [0.25, 0.3) is 5.91 Å². The summed E-state index contributed by atoms with van der Waals surface area (Å²) in [5.74, 6) is -0.710. The van der Waals surface area contributed by atoms with E-state index in [0.717, 1.165) is 12.2 Å². The van der Waals surface area contributed by atoms with Crippen LogP contribution in [-0.2, 0) is 11.3 Å². The van der Waals surface area contributed by atoms with Crippen LogP contribution < -0.4 is 21.6 Å². The molecular weight excluding hydrogens is 486 g/mol. The van der Waals surface area contributed by atoms with Crippen molar-refractivity contribution in [1.82, 2.24) is 25.5 Å². The van der Waals surface area contributed by atoms with Crippen LogP contribution in [-0.4, -0.2) is 55.7 Å². The molecule has 12 heteroatoms. The maximum atomic E-state index is 12.6. The van der Waals surface area contributed by atoms with Crippen LogP contribution in [0.5, 0.6) is 0 Å². The zero-order valence-corrected chi connectivity index (χ0v) is 20.0. The average molecular weight is 512 g/mol. The second-order valence-corrected chi connectivity index (χ2v) is 10.2.